The highest BCUT2D eigenvalue weighted by Gasteiger charge is 2.25. The van der Waals surface area contributed by atoms with Crippen molar-refractivity contribution in [2.45, 2.75) is 38.6 Å². The zero-order valence-electron chi connectivity index (χ0n) is 10.7. The van der Waals surface area contributed by atoms with Crippen LogP contribution in [-0.4, -0.2) is 59.5 Å². The second kappa shape index (κ2) is 6.59. The number of carboxylic acid groups (broad SMARTS) is 1. The first-order valence-corrected chi connectivity index (χ1v) is 6.24. The number of carboxylic acids is 1. The van der Waals surface area contributed by atoms with Crippen LogP contribution in [-0.2, 0) is 9.59 Å². The highest BCUT2D eigenvalue weighted by atomic mass is 16.4. The zero-order valence-corrected chi connectivity index (χ0v) is 10.7. The van der Waals surface area contributed by atoms with Gasteiger partial charge in [0.25, 0.3) is 0 Å². The average Bonchev–Trinajstić information content (AvgIpc) is 2.27. The summed E-state index contributed by atoms with van der Waals surface area (Å²) in [7, 11) is 1.66. The molecule has 17 heavy (non-hydrogen) atoms. The van der Waals surface area contributed by atoms with E-state index in [0.717, 1.165) is 25.8 Å². The van der Waals surface area contributed by atoms with Gasteiger partial charge in [-0.25, -0.2) is 0 Å². The first kappa shape index (κ1) is 14.0. The summed E-state index contributed by atoms with van der Waals surface area (Å²) in [6.45, 7) is 3.02. The smallest absolute Gasteiger partial charge is 0.317 e. The van der Waals surface area contributed by atoms with Gasteiger partial charge < -0.3 is 10.0 Å². The number of aliphatic carboxylic acids is 1. The summed E-state index contributed by atoms with van der Waals surface area (Å²) >= 11 is 0. The van der Waals surface area contributed by atoms with E-state index in [1.165, 1.54) is 6.42 Å². The average molecular weight is 242 g/mol. The number of carbonyl (C=O) groups is 2. The third-order valence-corrected chi connectivity index (χ3v) is 3.23. The van der Waals surface area contributed by atoms with Gasteiger partial charge in [-0.05, 0) is 32.7 Å². The molecular formula is C12H22N2O3. The number of hydrogen-bond donors (Lipinski definition) is 1. The lowest BCUT2D eigenvalue weighted by molar-refractivity contribution is -0.140. The Kier molecular flexibility index (Phi) is 5.41. The molecule has 1 saturated heterocycles. The minimum Gasteiger partial charge on any atom is -0.480 e. The molecule has 0 saturated carbocycles. The lowest BCUT2D eigenvalue weighted by atomic mass is 10.00. The number of likely N-dealkylation sites (tertiary alicyclic amines) is 1. The van der Waals surface area contributed by atoms with Crippen molar-refractivity contribution < 1.29 is 14.7 Å². The largest absolute Gasteiger partial charge is 0.480 e. The maximum Gasteiger partial charge on any atom is 0.317 e. The lowest BCUT2D eigenvalue weighted by Gasteiger charge is -2.36. The summed E-state index contributed by atoms with van der Waals surface area (Å²) < 4.78 is 0. The van der Waals surface area contributed by atoms with Crippen LogP contribution in [0.4, 0.5) is 0 Å². The van der Waals surface area contributed by atoms with Crippen LogP contribution in [0.1, 0.15) is 32.6 Å². The van der Waals surface area contributed by atoms with Gasteiger partial charge in [0.15, 0.2) is 0 Å². The van der Waals surface area contributed by atoms with Crippen molar-refractivity contribution >= 4 is 11.9 Å². The van der Waals surface area contributed by atoms with E-state index in [0.29, 0.717) is 6.04 Å². The molecule has 0 aromatic heterocycles. The Hall–Kier alpha value is -1.10. The summed E-state index contributed by atoms with van der Waals surface area (Å²) in [5.74, 6) is -0.841. The second-order valence-electron chi connectivity index (χ2n) is 4.71. The van der Waals surface area contributed by atoms with Gasteiger partial charge in [0.05, 0.1) is 13.1 Å². The van der Waals surface area contributed by atoms with E-state index >= 15 is 0 Å². The number of piperidine rings is 1. The molecule has 1 unspecified atom stereocenters. The molecule has 1 aliphatic heterocycles. The predicted molar refractivity (Wildman–Crippen MR) is 64.8 cm³/mol. The van der Waals surface area contributed by atoms with Gasteiger partial charge in [0.1, 0.15) is 0 Å². The topological polar surface area (TPSA) is 60.9 Å². The fourth-order valence-electron chi connectivity index (χ4n) is 2.36. The van der Waals surface area contributed by atoms with Crippen molar-refractivity contribution in [2.24, 2.45) is 0 Å². The first-order chi connectivity index (χ1) is 8.04. The molecule has 0 aromatic carbocycles. The van der Waals surface area contributed by atoms with Gasteiger partial charge in [0.2, 0.25) is 5.91 Å². The van der Waals surface area contributed by atoms with Crippen molar-refractivity contribution in [3.63, 3.8) is 0 Å². The van der Waals surface area contributed by atoms with Gasteiger partial charge in [0, 0.05) is 12.6 Å². The van der Waals surface area contributed by atoms with Crippen LogP contribution in [0, 0.1) is 0 Å². The minimum absolute atomic E-state index is 0.0558. The highest BCUT2D eigenvalue weighted by Crippen LogP contribution is 2.19. The molecule has 1 heterocycles. The Labute approximate surface area is 102 Å². The van der Waals surface area contributed by atoms with Gasteiger partial charge in [-0.3, -0.25) is 14.5 Å². The summed E-state index contributed by atoms with van der Waals surface area (Å²) in [5.41, 5.74) is 0. The molecule has 1 aliphatic rings. The van der Waals surface area contributed by atoms with Crippen LogP contribution in [0.5, 0.6) is 0 Å². The molecule has 5 nitrogen and oxygen atoms in total. The molecule has 0 spiro atoms. The first-order valence-electron chi connectivity index (χ1n) is 6.24. The third kappa shape index (κ3) is 4.34. The maximum atomic E-state index is 12.1. The molecule has 0 radical (unpaired) electrons. The SMILES string of the molecule is CCC1CCCCN1C(=O)CN(C)CC(=O)O. The normalized spacial score (nSPS) is 20.6. The zero-order chi connectivity index (χ0) is 12.8. The summed E-state index contributed by atoms with van der Waals surface area (Å²) in [5, 5.41) is 8.64. The molecule has 1 amide bonds. The Bertz CT molecular complexity index is 281. The number of hydrogen-bond acceptors (Lipinski definition) is 3. The Balaban J connectivity index is 2.47. The molecule has 1 atom stereocenters. The van der Waals surface area contributed by atoms with Crippen molar-refractivity contribution in [1.29, 1.82) is 0 Å². The molecule has 98 valence electrons. The van der Waals surface area contributed by atoms with Gasteiger partial charge in [-0.2, -0.15) is 0 Å². The molecule has 1 N–H and O–H groups in total. The van der Waals surface area contributed by atoms with Gasteiger partial charge >= 0.3 is 5.97 Å². The fraction of sp³-hybridized carbons (Fsp3) is 0.833. The molecular weight excluding hydrogens is 220 g/mol. The predicted octanol–water partition coefficient (Wildman–Crippen LogP) is 0.794. The van der Waals surface area contributed by atoms with Crippen LogP contribution in [0.15, 0.2) is 0 Å². The summed E-state index contributed by atoms with van der Waals surface area (Å²) in [4.78, 5) is 26.0. The maximum absolute atomic E-state index is 12.1. The molecule has 1 fully saturated rings. The Morgan fingerprint density at radius 3 is 2.65 bits per heavy atom. The standard InChI is InChI=1S/C12H22N2O3/c1-3-10-6-4-5-7-14(10)11(15)8-13(2)9-12(16)17/h10H,3-9H2,1-2H3,(H,16,17). The number of rotatable bonds is 5. The highest BCUT2D eigenvalue weighted by molar-refractivity contribution is 5.79. The van der Waals surface area contributed by atoms with Crippen LogP contribution < -0.4 is 0 Å². The quantitative estimate of drug-likeness (QED) is 0.774. The van der Waals surface area contributed by atoms with Crippen molar-refractivity contribution in [2.75, 3.05) is 26.7 Å². The number of likely N-dealkylation sites (N-methyl/N-ethyl adjacent to an activating group) is 1. The number of carbonyl (C=O) groups excluding carboxylic acids is 1. The van der Waals surface area contributed by atoms with Crippen LogP contribution in [0.25, 0.3) is 0 Å². The van der Waals surface area contributed by atoms with Crippen molar-refractivity contribution in [3.05, 3.63) is 0 Å². The summed E-state index contributed by atoms with van der Waals surface area (Å²) in [6.07, 6.45) is 4.30. The molecule has 0 bridgehead atoms. The van der Waals surface area contributed by atoms with E-state index in [-0.39, 0.29) is 19.0 Å². The molecule has 0 aromatic rings. The van der Waals surface area contributed by atoms with E-state index < -0.39 is 5.97 Å². The number of nitrogens with zero attached hydrogens (tertiary/aromatic N) is 2. The van der Waals surface area contributed by atoms with E-state index in [2.05, 4.69) is 6.92 Å². The van der Waals surface area contributed by atoms with Crippen LogP contribution in [0.3, 0.4) is 0 Å². The van der Waals surface area contributed by atoms with Crippen molar-refractivity contribution in [3.8, 4) is 0 Å². The Morgan fingerprint density at radius 1 is 1.35 bits per heavy atom. The summed E-state index contributed by atoms with van der Waals surface area (Å²) in [6, 6.07) is 0.342. The van der Waals surface area contributed by atoms with E-state index in [9.17, 15) is 9.59 Å². The van der Waals surface area contributed by atoms with E-state index in [1.54, 1.807) is 11.9 Å². The van der Waals surface area contributed by atoms with E-state index in [1.807, 2.05) is 4.90 Å². The third-order valence-electron chi connectivity index (χ3n) is 3.23. The van der Waals surface area contributed by atoms with Gasteiger partial charge in [-0.15, -0.1) is 0 Å². The van der Waals surface area contributed by atoms with E-state index in [4.69, 9.17) is 5.11 Å². The van der Waals surface area contributed by atoms with Crippen LogP contribution in [0.2, 0.25) is 0 Å². The number of amides is 1. The molecule has 1 rings (SSSR count). The van der Waals surface area contributed by atoms with Crippen LogP contribution >= 0.6 is 0 Å². The van der Waals surface area contributed by atoms with Gasteiger partial charge in [-0.1, -0.05) is 6.92 Å². The lowest BCUT2D eigenvalue weighted by Crippen LogP contribution is -2.47. The monoisotopic (exact) mass is 242 g/mol. The molecule has 5 heteroatoms. The Morgan fingerprint density at radius 2 is 2.06 bits per heavy atom. The molecule has 0 aliphatic carbocycles. The minimum atomic E-state index is -0.897. The van der Waals surface area contributed by atoms with Crippen molar-refractivity contribution in [1.82, 2.24) is 9.80 Å². The fourth-order valence-corrected chi connectivity index (χ4v) is 2.36. The second-order valence-corrected chi connectivity index (χ2v) is 4.71.